The molecule has 1 aliphatic carbocycles. The lowest BCUT2D eigenvalue weighted by Gasteiger charge is -2.37. The number of hydrogen-bond acceptors (Lipinski definition) is 4. The Morgan fingerprint density at radius 1 is 1.14 bits per heavy atom. The number of amides is 1. The van der Waals surface area contributed by atoms with Crippen molar-refractivity contribution < 1.29 is 18.3 Å². The number of benzene rings is 1. The Bertz CT molecular complexity index is 657. The molecule has 1 aromatic rings. The largest absolute Gasteiger partial charge is 0.372 e. The lowest BCUT2D eigenvalue weighted by Crippen LogP contribution is -2.47. The molecule has 5 nitrogen and oxygen atoms in total. The maximum Gasteiger partial charge on any atom is 0.246 e. The lowest BCUT2D eigenvalue weighted by molar-refractivity contribution is -0.126. The van der Waals surface area contributed by atoms with E-state index in [1.807, 2.05) is 11.8 Å². The first-order chi connectivity index (χ1) is 14.0. The smallest absolute Gasteiger partial charge is 0.246 e. The van der Waals surface area contributed by atoms with E-state index in [9.17, 15) is 13.6 Å². The summed E-state index contributed by atoms with van der Waals surface area (Å²) in [6.45, 7) is 7.00. The molecule has 1 saturated heterocycles. The molecule has 0 atom stereocenters. The minimum absolute atomic E-state index is 0.00855. The number of carbonyl (C=O) groups excluding carboxylic acids is 1. The Hall–Kier alpha value is -1.73. The molecule has 2 aliphatic rings. The van der Waals surface area contributed by atoms with Gasteiger partial charge >= 0.3 is 0 Å². The maximum atomic E-state index is 14.0. The van der Waals surface area contributed by atoms with Gasteiger partial charge in [-0.05, 0) is 63.6 Å². The van der Waals surface area contributed by atoms with Gasteiger partial charge in [0.25, 0.3) is 0 Å². The van der Waals surface area contributed by atoms with Crippen LogP contribution in [0, 0.1) is 17.6 Å². The fourth-order valence-corrected chi connectivity index (χ4v) is 4.37. The Balaban J connectivity index is 1.32. The highest BCUT2D eigenvalue weighted by Crippen LogP contribution is 2.27. The second-order valence-electron chi connectivity index (χ2n) is 8.14. The molecule has 162 valence electrons. The van der Waals surface area contributed by atoms with Gasteiger partial charge in [-0.1, -0.05) is 0 Å². The molecule has 0 aromatic heterocycles. The van der Waals surface area contributed by atoms with Crippen LogP contribution in [0.5, 0.6) is 0 Å². The molecule has 0 bridgehead atoms. The number of carbonyl (C=O) groups is 1. The van der Waals surface area contributed by atoms with Gasteiger partial charge in [-0.2, -0.15) is 0 Å². The number of nitrogens with zero attached hydrogens (tertiary/aromatic N) is 2. The van der Waals surface area contributed by atoms with Crippen molar-refractivity contribution in [3.05, 3.63) is 29.8 Å². The Labute approximate surface area is 172 Å². The third-order valence-corrected chi connectivity index (χ3v) is 6.13. The molecule has 0 radical (unpaired) electrons. The van der Waals surface area contributed by atoms with Crippen molar-refractivity contribution in [2.45, 2.75) is 45.1 Å². The Kier molecular flexibility index (Phi) is 8.24. The SMILES string of the molecule is CCOCC(=O)NC1CCC(CCN2CCN(c3ccc(F)cc3F)CC2)CC1. The molecule has 3 rings (SSSR count). The molecule has 1 aromatic carbocycles. The summed E-state index contributed by atoms with van der Waals surface area (Å²) in [5.41, 5.74) is 0.496. The average Bonchev–Trinajstić information content (AvgIpc) is 2.72. The van der Waals surface area contributed by atoms with E-state index in [0.29, 0.717) is 18.2 Å². The summed E-state index contributed by atoms with van der Waals surface area (Å²) in [5.74, 6) is -0.314. The number of nitrogens with one attached hydrogen (secondary N) is 1. The molecule has 29 heavy (non-hydrogen) atoms. The average molecular weight is 410 g/mol. The van der Waals surface area contributed by atoms with E-state index < -0.39 is 11.6 Å². The third kappa shape index (κ3) is 6.64. The van der Waals surface area contributed by atoms with Crippen molar-refractivity contribution in [2.75, 3.05) is 50.8 Å². The van der Waals surface area contributed by atoms with E-state index >= 15 is 0 Å². The molecule has 1 saturated carbocycles. The highest BCUT2D eigenvalue weighted by atomic mass is 19.1. The van der Waals surface area contributed by atoms with Crippen molar-refractivity contribution in [3.63, 3.8) is 0 Å². The standard InChI is InChI=1S/C22H33F2N3O2/c1-2-29-16-22(28)25-19-6-3-17(4-7-19)9-10-26-11-13-27(14-12-26)21-8-5-18(23)15-20(21)24/h5,8,15,17,19H,2-4,6-7,9-14,16H2,1H3,(H,25,28). The first kappa shape index (κ1) is 22.0. The van der Waals surface area contributed by atoms with Gasteiger partial charge in [0, 0.05) is 44.9 Å². The van der Waals surface area contributed by atoms with E-state index in [2.05, 4.69) is 10.2 Å². The van der Waals surface area contributed by atoms with Gasteiger partial charge in [-0.3, -0.25) is 9.69 Å². The first-order valence-electron chi connectivity index (χ1n) is 10.8. The van der Waals surface area contributed by atoms with E-state index in [0.717, 1.165) is 64.5 Å². The summed E-state index contributed by atoms with van der Waals surface area (Å²) in [7, 11) is 0. The van der Waals surface area contributed by atoms with Crippen LogP contribution in [0.15, 0.2) is 18.2 Å². The summed E-state index contributed by atoms with van der Waals surface area (Å²) in [4.78, 5) is 16.2. The van der Waals surface area contributed by atoms with Crippen molar-refractivity contribution in [1.29, 1.82) is 0 Å². The Morgan fingerprint density at radius 2 is 1.86 bits per heavy atom. The van der Waals surface area contributed by atoms with E-state index in [1.54, 1.807) is 0 Å². The van der Waals surface area contributed by atoms with Crippen LogP contribution in [-0.2, 0) is 9.53 Å². The van der Waals surface area contributed by atoms with E-state index in [-0.39, 0.29) is 18.6 Å². The zero-order valence-electron chi connectivity index (χ0n) is 17.3. The number of halogens is 2. The number of hydrogen-bond donors (Lipinski definition) is 1. The van der Waals surface area contributed by atoms with Crippen molar-refractivity contribution >= 4 is 11.6 Å². The summed E-state index contributed by atoms with van der Waals surface area (Å²) < 4.78 is 32.2. The fraction of sp³-hybridized carbons (Fsp3) is 0.682. The van der Waals surface area contributed by atoms with Crippen LogP contribution < -0.4 is 10.2 Å². The molecule has 1 amide bonds. The Morgan fingerprint density at radius 3 is 2.52 bits per heavy atom. The normalized spacial score (nSPS) is 23.2. The molecular formula is C22H33F2N3O2. The van der Waals surface area contributed by atoms with Gasteiger partial charge in [0.15, 0.2) is 0 Å². The van der Waals surface area contributed by atoms with Crippen LogP contribution in [-0.4, -0.2) is 62.8 Å². The van der Waals surface area contributed by atoms with Gasteiger partial charge in [-0.25, -0.2) is 8.78 Å². The van der Waals surface area contributed by atoms with Crippen molar-refractivity contribution in [3.8, 4) is 0 Å². The quantitative estimate of drug-likeness (QED) is 0.716. The number of anilines is 1. The van der Waals surface area contributed by atoms with E-state index in [4.69, 9.17) is 4.74 Å². The monoisotopic (exact) mass is 409 g/mol. The molecule has 2 fully saturated rings. The molecule has 0 spiro atoms. The van der Waals surface area contributed by atoms with Crippen LogP contribution in [0.3, 0.4) is 0 Å². The topological polar surface area (TPSA) is 44.8 Å². The van der Waals surface area contributed by atoms with Crippen LogP contribution in [0.25, 0.3) is 0 Å². The van der Waals surface area contributed by atoms with Gasteiger partial charge in [0.2, 0.25) is 5.91 Å². The van der Waals surface area contributed by atoms with Gasteiger partial charge in [0.1, 0.15) is 18.2 Å². The van der Waals surface area contributed by atoms with Crippen molar-refractivity contribution in [1.82, 2.24) is 10.2 Å². The zero-order chi connectivity index (χ0) is 20.6. The number of rotatable bonds is 8. The highest BCUT2D eigenvalue weighted by molar-refractivity contribution is 5.77. The third-order valence-electron chi connectivity index (χ3n) is 6.13. The molecule has 0 unspecified atom stereocenters. The molecule has 1 heterocycles. The van der Waals surface area contributed by atoms with Crippen molar-refractivity contribution in [2.24, 2.45) is 5.92 Å². The summed E-state index contributed by atoms with van der Waals surface area (Å²) in [6, 6.07) is 4.09. The zero-order valence-corrected chi connectivity index (χ0v) is 17.3. The minimum atomic E-state index is -0.534. The second-order valence-corrected chi connectivity index (χ2v) is 8.14. The molecule has 1 N–H and O–H groups in total. The van der Waals surface area contributed by atoms with E-state index in [1.165, 1.54) is 18.6 Å². The van der Waals surface area contributed by atoms with Crippen LogP contribution in [0.1, 0.15) is 39.0 Å². The highest BCUT2D eigenvalue weighted by Gasteiger charge is 2.24. The van der Waals surface area contributed by atoms with Crippen LogP contribution in [0.4, 0.5) is 14.5 Å². The minimum Gasteiger partial charge on any atom is -0.372 e. The molecule has 7 heteroatoms. The lowest BCUT2D eigenvalue weighted by atomic mass is 9.84. The molecule has 1 aliphatic heterocycles. The maximum absolute atomic E-state index is 14.0. The van der Waals surface area contributed by atoms with Crippen LogP contribution >= 0.6 is 0 Å². The van der Waals surface area contributed by atoms with Crippen LogP contribution in [0.2, 0.25) is 0 Å². The fourth-order valence-electron chi connectivity index (χ4n) is 4.37. The van der Waals surface area contributed by atoms with Gasteiger partial charge in [-0.15, -0.1) is 0 Å². The predicted octanol–water partition coefficient (Wildman–Crippen LogP) is 3.19. The summed E-state index contributed by atoms with van der Waals surface area (Å²) in [6.07, 6.45) is 5.56. The summed E-state index contributed by atoms with van der Waals surface area (Å²) in [5, 5.41) is 3.07. The molecular weight excluding hydrogens is 376 g/mol. The first-order valence-corrected chi connectivity index (χ1v) is 10.8. The van der Waals surface area contributed by atoms with Gasteiger partial charge < -0.3 is 15.0 Å². The second kappa shape index (κ2) is 10.9. The predicted molar refractivity (Wildman–Crippen MR) is 110 cm³/mol. The number of ether oxygens (including phenoxy) is 1. The summed E-state index contributed by atoms with van der Waals surface area (Å²) >= 11 is 0. The number of piperazine rings is 1. The van der Waals surface area contributed by atoms with Gasteiger partial charge in [0.05, 0.1) is 5.69 Å².